The van der Waals surface area contributed by atoms with Gasteiger partial charge >= 0.3 is 5.69 Å². The average molecular weight is 239 g/mol. The van der Waals surface area contributed by atoms with E-state index in [-0.39, 0.29) is 29.9 Å². The van der Waals surface area contributed by atoms with Gasteiger partial charge in [-0.15, -0.1) is 0 Å². The van der Waals surface area contributed by atoms with E-state index < -0.39 is 4.92 Å². The van der Waals surface area contributed by atoms with Gasteiger partial charge < -0.3 is 16.2 Å². The summed E-state index contributed by atoms with van der Waals surface area (Å²) in [6, 6.07) is 4.46. The third-order valence-corrected chi connectivity index (χ3v) is 2.59. The number of benzene rings is 1. The van der Waals surface area contributed by atoms with Crippen molar-refractivity contribution in [3.05, 3.63) is 28.3 Å². The Labute approximate surface area is 99.6 Å². The fourth-order valence-corrected chi connectivity index (χ4v) is 1.50. The molecule has 1 rings (SSSR count). The number of nitrogens with two attached hydrogens (primary N) is 1. The molecule has 1 atom stereocenters. The number of hydrogen-bond acceptors (Lipinski definition) is 5. The lowest BCUT2D eigenvalue weighted by Crippen LogP contribution is -2.29. The number of nitrogens with zero attached hydrogens (tertiary/aromatic N) is 1. The van der Waals surface area contributed by atoms with Gasteiger partial charge in [0.2, 0.25) is 0 Å². The molecule has 94 valence electrons. The van der Waals surface area contributed by atoms with E-state index in [9.17, 15) is 15.2 Å². The van der Waals surface area contributed by atoms with Gasteiger partial charge in [0.25, 0.3) is 0 Å². The molecule has 1 aromatic carbocycles. The summed E-state index contributed by atoms with van der Waals surface area (Å²) in [5.41, 5.74) is 5.87. The molecule has 0 aliphatic rings. The highest BCUT2D eigenvalue weighted by Crippen LogP contribution is 2.31. The molecule has 0 aromatic heterocycles. The van der Waals surface area contributed by atoms with E-state index in [0.717, 1.165) is 0 Å². The second-order valence-electron chi connectivity index (χ2n) is 4.18. The summed E-state index contributed by atoms with van der Waals surface area (Å²) < 4.78 is 0. The summed E-state index contributed by atoms with van der Waals surface area (Å²) in [5, 5.41) is 23.0. The van der Waals surface area contributed by atoms with Crippen molar-refractivity contribution in [1.82, 2.24) is 0 Å². The lowest BCUT2D eigenvalue weighted by Gasteiger charge is -2.21. The molecule has 0 radical (unpaired) electrons. The third kappa shape index (κ3) is 3.07. The fourth-order valence-electron chi connectivity index (χ4n) is 1.50. The summed E-state index contributed by atoms with van der Waals surface area (Å²) in [6.07, 6.45) is 0. The molecule has 0 saturated heterocycles. The van der Waals surface area contributed by atoms with Crippen LogP contribution in [0.15, 0.2) is 18.2 Å². The number of hydrogen-bond donors (Lipinski definition) is 3. The Morgan fingerprint density at radius 1 is 1.53 bits per heavy atom. The zero-order chi connectivity index (χ0) is 13.0. The van der Waals surface area contributed by atoms with E-state index in [2.05, 4.69) is 5.32 Å². The highest BCUT2D eigenvalue weighted by molar-refractivity contribution is 5.74. The first-order valence-corrected chi connectivity index (χ1v) is 5.37. The first-order valence-electron chi connectivity index (χ1n) is 5.37. The molecule has 0 bridgehead atoms. The zero-order valence-electron chi connectivity index (χ0n) is 9.88. The van der Waals surface area contributed by atoms with Crippen molar-refractivity contribution in [3.63, 3.8) is 0 Å². The SMILES string of the molecule is CC(C)[C@@H](CO)Nc1cccc(N)c1[N+](=O)[O-]. The lowest BCUT2D eigenvalue weighted by molar-refractivity contribution is -0.383. The number of nitro groups is 1. The molecule has 6 nitrogen and oxygen atoms in total. The van der Waals surface area contributed by atoms with E-state index in [4.69, 9.17) is 5.73 Å². The highest BCUT2D eigenvalue weighted by atomic mass is 16.6. The van der Waals surface area contributed by atoms with Crippen molar-refractivity contribution in [2.45, 2.75) is 19.9 Å². The number of aliphatic hydroxyl groups excluding tert-OH is 1. The maximum atomic E-state index is 10.9. The largest absolute Gasteiger partial charge is 0.394 e. The van der Waals surface area contributed by atoms with Gasteiger partial charge in [-0.2, -0.15) is 0 Å². The highest BCUT2D eigenvalue weighted by Gasteiger charge is 2.21. The van der Waals surface area contributed by atoms with Crippen LogP contribution in [-0.2, 0) is 0 Å². The predicted molar refractivity (Wildman–Crippen MR) is 66.8 cm³/mol. The molecule has 6 heteroatoms. The van der Waals surface area contributed by atoms with Crippen LogP contribution in [0.3, 0.4) is 0 Å². The van der Waals surface area contributed by atoms with E-state index in [0.29, 0.717) is 5.69 Å². The second kappa shape index (κ2) is 5.49. The molecule has 17 heavy (non-hydrogen) atoms. The Kier molecular flexibility index (Phi) is 4.28. The molecule has 0 aliphatic carbocycles. The summed E-state index contributed by atoms with van der Waals surface area (Å²) in [4.78, 5) is 10.4. The van der Waals surface area contributed by atoms with Crippen LogP contribution in [0.2, 0.25) is 0 Å². The van der Waals surface area contributed by atoms with Crippen LogP contribution in [0.25, 0.3) is 0 Å². The van der Waals surface area contributed by atoms with Crippen molar-refractivity contribution in [3.8, 4) is 0 Å². The standard InChI is InChI=1S/C11H17N3O3/c1-7(2)10(6-15)13-9-5-3-4-8(12)11(9)14(16)17/h3-5,7,10,13,15H,6,12H2,1-2H3/t10-/m1/s1. The Morgan fingerprint density at radius 2 is 2.18 bits per heavy atom. The topological polar surface area (TPSA) is 101 Å². The van der Waals surface area contributed by atoms with Gasteiger partial charge in [0.1, 0.15) is 11.4 Å². The van der Waals surface area contributed by atoms with Crippen LogP contribution in [0.4, 0.5) is 17.1 Å². The zero-order valence-corrected chi connectivity index (χ0v) is 9.88. The molecule has 0 fully saturated rings. The number of aliphatic hydroxyl groups is 1. The Bertz CT molecular complexity index is 407. The summed E-state index contributed by atoms with van der Waals surface area (Å²) >= 11 is 0. The van der Waals surface area contributed by atoms with E-state index in [1.165, 1.54) is 6.07 Å². The van der Waals surface area contributed by atoms with Crippen LogP contribution in [0.5, 0.6) is 0 Å². The number of nitro benzene ring substituents is 1. The van der Waals surface area contributed by atoms with Gasteiger partial charge in [-0.05, 0) is 18.1 Å². The molecule has 0 heterocycles. The first-order chi connectivity index (χ1) is 7.97. The Hall–Kier alpha value is -1.82. The minimum absolute atomic E-state index is 0.0936. The van der Waals surface area contributed by atoms with Gasteiger partial charge in [-0.1, -0.05) is 19.9 Å². The summed E-state index contributed by atoms with van der Waals surface area (Å²) in [7, 11) is 0. The summed E-state index contributed by atoms with van der Waals surface area (Å²) in [5.74, 6) is 0.154. The van der Waals surface area contributed by atoms with Crippen LogP contribution in [-0.4, -0.2) is 22.7 Å². The number of nitrogen functional groups attached to an aromatic ring is 1. The van der Waals surface area contributed by atoms with Gasteiger partial charge in [0, 0.05) is 0 Å². The monoisotopic (exact) mass is 239 g/mol. The molecular formula is C11H17N3O3. The third-order valence-electron chi connectivity index (χ3n) is 2.59. The van der Waals surface area contributed by atoms with Gasteiger partial charge in [-0.25, -0.2) is 0 Å². The van der Waals surface area contributed by atoms with Crippen molar-refractivity contribution < 1.29 is 10.0 Å². The smallest absolute Gasteiger partial charge is 0.314 e. The quantitative estimate of drug-likeness (QED) is 0.411. The molecule has 0 saturated carbocycles. The van der Waals surface area contributed by atoms with Crippen LogP contribution < -0.4 is 11.1 Å². The lowest BCUT2D eigenvalue weighted by atomic mass is 10.0. The normalized spacial score (nSPS) is 12.5. The molecule has 0 aliphatic heterocycles. The van der Waals surface area contributed by atoms with Crippen molar-refractivity contribution in [1.29, 1.82) is 0 Å². The predicted octanol–water partition coefficient (Wildman–Crippen LogP) is 1.61. The number of rotatable bonds is 5. The van der Waals surface area contributed by atoms with E-state index >= 15 is 0 Å². The molecule has 0 spiro atoms. The molecule has 0 unspecified atom stereocenters. The van der Waals surface area contributed by atoms with E-state index in [1.807, 2.05) is 13.8 Å². The first kappa shape index (κ1) is 13.2. The van der Waals surface area contributed by atoms with Crippen molar-refractivity contribution in [2.24, 2.45) is 5.92 Å². The number of para-hydroxylation sites is 1. The minimum atomic E-state index is -0.521. The average Bonchev–Trinajstić information content (AvgIpc) is 2.24. The van der Waals surface area contributed by atoms with Gasteiger partial charge in [-0.3, -0.25) is 10.1 Å². The van der Waals surface area contributed by atoms with Crippen LogP contribution >= 0.6 is 0 Å². The molecular weight excluding hydrogens is 222 g/mol. The van der Waals surface area contributed by atoms with Crippen molar-refractivity contribution >= 4 is 17.1 Å². The minimum Gasteiger partial charge on any atom is -0.394 e. The Balaban J connectivity index is 3.05. The number of anilines is 2. The summed E-state index contributed by atoms with van der Waals surface area (Å²) in [6.45, 7) is 3.75. The maximum Gasteiger partial charge on any atom is 0.314 e. The Morgan fingerprint density at radius 3 is 2.65 bits per heavy atom. The maximum absolute atomic E-state index is 10.9. The van der Waals surface area contributed by atoms with Gasteiger partial charge in [0.15, 0.2) is 0 Å². The fraction of sp³-hybridized carbons (Fsp3) is 0.455. The van der Waals surface area contributed by atoms with Crippen molar-refractivity contribution in [2.75, 3.05) is 17.7 Å². The molecule has 1 aromatic rings. The van der Waals surface area contributed by atoms with E-state index in [1.54, 1.807) is 12.1 Å². The molecule has 0 amide bonds. The second-order valence-corrected chi connectivity index (χ2v) is 4.18. The van der Waals surface area contributed by atoms with Crippen LogP contribution in [0, 0.1) is 16.0 Å². The number of nitrogens with one attached hydrogen (secondary N) is 1. The van der Waals surface area contributed by atoms with Crippen LogP contribution in [0.1, 0.15) is 13.8 Å². The van der Waals surface area contributed by atoms with Gasteiger partial charge in [0.05, 0.1) is 17.6 Å². The molecule has 4 N–H and O–H groups in total.